The Hall–Kier alpha value is -0.830. The fourth-order valence-electron chi connectivity index (χ4n) is 1.11. The first-order valence-corrected chi connectivity index (χ1v) is 6.70. The maximum atomic E-state index is 10.8. The van der Waals surface area contributed by atoms with Gasteiger partial charge in [0, 0.05) is 24.8 Å². The van der Waals surface area contributed by atoms with Crippen LogP contribution >= 0.6 is 0 Å². The number of nitrogens with one attached hydrogen (secondary N) is 1. The molecule has 0 aromatic heterocycles. The van der Waals surface area contributed by atoms with Crippen molar-refractivity contribution in [1.29, 1.82) is 0 Å². The second kappa shape index (κ2) is 5.67. The number of sulfone groups is 1. The van der Waals surface area contributed by atoms with Crippen molar-refractivity contribution in [2.45, 2.75) is 19.1 Å². The smallest absolute Gasteiger partial charge is 0.475 e. The molecule has 0 unspecified atom stereocenters. The number of carboxylic acids is 1. The van der Waals surface area contributed by atoms with Crippen molar-refractivity contribution in [2.24, 2.45) is 5.92 Å². The topological polar surface area (TPSA) is 83.5 Å². The maximum Gasteiger partial charge on any atom is 0.490 e. The lowest BCUT2D eigenvalue weighted by molar-refractivity contribution is -0.192. The van der Waals surface area contributed by atoms with Gasteiger partial charge in [0.2, 0.25) is 0 Å². The summed E-state index contributed by atoms with van der Waals surface area (Å²) >= 11 is 0. The van der Waals surface area contributed by atoms with Gasteiger partial charge in [0.05, 0.1) is 5.75 Å². The van der Waals surface area contributed by atoms with Crippen LogP contribution in [0.4, 0.5) is 13.2 Å². The zero-order chi connectivity index (χ0) is 13.9. The highest BCUT2D eigenvalue weighted by atomic mass is 32.2. The molecule has 0 aromatic carbocycles. The Bertz CT molecular complexity index is 365. The zero-order valence-electron chi connectivity index (χ0n) is 9.28. The van der Waals surface area contributed by atoms with Gasteiger partial charge in [-0.15, -0.1) is 0 Å². The molecule has 17 heavy (non-hydrogen) atoms. The summed E-state index contributed by atoms with van der Waals surface area (Å²) in [6, 6.07) is 0.384. The Morgan fingerprint density at radius 2 is 1.88 bits per heavy atom. The van der Waals surface area contributed by atoms with Crippen LogP contribution in [0.15, 0.2) is 0 Å². The number of halogens is 3. The van der Waals surface area contributed by atoms with Crippen LogP contribution in [-0.2, 0) is 14.6 Å². The van der Waals surface area contributed by atoms with E-state index < -0.39 is 22.0 Å². The highest BCUT2D eigenvalue weighted by Crippen LogP contribution is 2.14. The number of carbonyl (C=O) groups is 1. The largest absolute Gasteiger partial charge is 0.490 e. The number of carboxylic acid groups (broad SMARTS) is 1. The molecule has 1 heterocycles. The van der Waals surface area contributed by atoms with Crippen molar-refractivity contribution >= 4 is 15.8 Å². The van der Waals surface area contributed by atoms with Crippen LogP contribution in [0, 0.1) is 5.92 Å². The molecule has 0 bridgehead atoms. The first kappa shape index (κ1) is 16.2. The molecule has 102 valence electrons. The summed E-state index contributed by atoms with van der Waals surface area (Å²) in [5.74, 6) is -2.08. The molecular formula is C8H14F3NO4S. The highest BCUT2D eigenvalue weighted by molar-refractivity contribution is 7.90. The summed E-state index contributed by atoms with van der Waals surface area (Å²) in [7, 11) is -2.76. The van der Waals surface area contributed by atoms with E-state index >= 15 is 0 Å². The minimum absolute atomic E-state index is 0.334. The van der Waals surface area contributed by atoms with E-state index in [0.717, 1.165) is 6.54 Å². The first-order chi connectivity index (χ1) is 7.43. The molecule has 1 aliphatic rings. The number of hydrogen-bond donors (Lipinski definition) is 2. The van der Waals surface area contributed by atoms with Crippen LogP contribution in [0.3, 0.4) is 0 Å². The lowest BCUT2D eigenvalue weighted by Gasteiger charge is -2.34. The Kier molecular flexibility index (Phi) is 5.40. The quantitative estimate of drug-likeness (QED) is 0.757. The second-order valence-corrected chi connectivity index (χ2v) is 6.04. The monoisotopic (exact) mass is 277 g/mol. The van der Waals surface area contributed by atoms with Gasteiger partial charge in [0.1, 0.15) is 9.84 Å². The van der Waals surface area contributed by atoms with E-state index in [1.807, 2.05) is 6.92 Å². The SMILES string of the molecule is C[C@@H]1NC[C@H]1CS(C)(=O)=O.O=C(O)C(F)(F)F. The fourth-order valence-corrected chi connectivity index (χ4v) is 2.30. The summed E-state index contributed by atoms with van der Waals surface area (Å²) in [5, 5.41) is 10.2. The van der Waals surface area contributed by atoms with E-state index in [1.165, 1.54) is 6.26 Å². The summed E-state index contributed by atoms with van der Waals surface area (Å²) in [6.07, 6.45) is -3.79. The van der Waals surface area contributed by atoms with E-state index in [4.69, 9.17) is 9.90 Å². The van der Waals surface area contributed by atoms with Crippen molar-refractivity contribution in [1.82, 2.24) is 5.32 Å². The molecule has 0 radical (unpaired) electrons. The molecule has 2 N–H and O–H groups in total. The summed E-state index contributed by atoms with van der Waals surface area (Å²) < 4.78 is 53.2. The maximum absolute atomic E-state index is 10.8. The lowest BCUT2D eigenvalue weighted by atomic mass is 9.96. The Morgan fingerprint density at radius 1 is 1.47 bits per heavy atom. The van der Waals surface area contributed by atoms with Crippen LogP contribution in [-0.4, -0.2) is 50.3 Å². The fraction of sp³-hybridized carbons (Fsp3) is 0.875. The summed E-state index contributed by atoms with van der Waals surface area (Å²) in [4.78, 5) is 8.90. The third-order valence-electron chi connectivity index (χ3n) is 2.17. The van der Waals surface area contributed by atoms with Gasteiger partial charge in [0.15, 0.2) is 0 Å². The normalized spacial score (nSPS) is 24.3. The van der Waals surface area contributed by atoms with Crippen LogP contribution in [0.1, 0.15) is 6.92 Å². The van der Waals surface area contributed by atoms with Crippen LogP contribution in [0.5, 0.6) is 0 Å². The van der Waals surface area contributed by atoms with Crippen molar-refractivity contribution in [2.75, 3.05) is 18.6 Å². The Labute approximate surface area is 96.9 Å². The van der Waals surface area contributed by atoms with Crippen LogP contribution < -0.4 is 5.32 Å². The van der Waals surface area contributed by atoms with Gasteiger partial charge in [-0.3, -0.25) is 0 Å². The third kappa shape index (κ3) is 7.16. The van der Waals surface area contributed by atoms with Gasteiger partial charge < -0.3 is 10.4 Å². The van der Waals surface area contributed by atoms with Gasteiger partial charge >= 0.3 is 12.1 Å². The number of aliphatic carboxylic acids is 1. The molecule has 1 aliphatic heterocycles. The molecule has 0 aromatic rings. The molecule has 1 saturated heterocycles. The van der Waals surface area contributed by atoms with Gasteiger partial charge in [-0.2, -0.15) is 13.2 Å². The minimum Gasteiger partial charge on any atom is -0.475 e. The molecule has 1 rings (SSSR count). The summed E-state index contributed by atoms with van der Waals surface area (Å²) in [6.45, 7) is 2.87. The molecule has 9 heteroatoms. The predicted molar refractivity (Wildman–Crippen MR) is 54.4 cm³/mol. The predicted octanol–water partition coefficient (Wildman–Crippen LogP) is 0.272. The van der Waals surface area contributed by atoms with Gasteiger partial charge in [-0.05, 0) is 6.92 Å². The zero-order valence-corrected chi connectivity index (χ0v) is 10.1. The highest BCUT2D eigenvalue weighted by Gasteiger charge is 2.38. The molecule has 0 spiro atoms. The standard InChI is InChI=1S/C6H13NO2S.C2HF3O2/c1-5-6(3-7-5)4-10(2,8)9;3-2(4,5)1(6)7/h5-7H,3-4H2,1-2H3;(H,6,7)/t5-,6-;/m0./s1. The van der Waals surface area contributed by atoms with Crippen LogP contribution in [0.25, 0.3) is 0 Å². The Morgan fingerprint density at radius 3 is 1.94 bits per heavy atom. The lowest BCUT2D eigenvalue weighted by Crippen LogP contribution is -2.53. The average molecular weight is 277 g/mol. The number of hydrogen-bond acceptors (Lipinski definition) is 4. The first-order valence-electron chi connectivity index (χ1n) is 4.64. The molecule has 2 atom stereocenters. The molecule has 0 saturated carbocycles. The van der Waals surface area contributed by atoms with Gasteiger partial charge in [-0.1, -0.05) is 0 Å². The van der Waals surface area contributed by atoms with E-state index in [9.17, 15) is 21.6 Å². The molecular weight excluding hydrogens is 263 g/mol. The number of alkyl halides is 3. The van der Waals surface area contributed by atoms with E-state index in [2.05, 4.69) is 5.32 Å². The molecule has 5 nitrogen and oxygen atoms in total. The van der Waals surface area contributed by atoms with Gasteiger partial charge in [-0.25, -0.2) is 13.2 Å². The van der Waals surface area contributed by atoms with E-state index in [-0.39, 0.29) is 0 Å². The second-order valence-electron chi connectivity index (χ2n) is 3.85. The van der Waals surface area contributed by atoms with E-state index in [1.54, 1.807) is 0 Å². The van der Waals surface area contributed by atoms with E-state index in [0.29, 0.717) is 17.7 Å². The van der Waals surface area contributed by atoms with Crippen molar-refractivity contribution < 1.29 is 31.5 Å². The van der Waals surface area contributed by atoms with Crippen molar-refractivity contribution in [3.63, 3.8) is 0 Å². The number of rotatable bonds is 2. The summed E-state index contributed by atoms with van der Waals surface area (Å²) in [5.41, 5.74) is 0. The third-order valence-corrected chi connectivity index (χ3v) is 3.20. The van der Waals surface area contributed by atoms with Crippen molar-refractivity contribution in [3.8, 4) is 0 Å². The molecule has 1 fully saturated rings. The van der Waals surface area contributed by atoms with Crippen molar-refractivity contribution in [3.05, 3.63) is 0 Å². The minimum atomic E-state index is -5.08. The molecule has 0 amide bonds. The van der Waals surface area contributed by atoms with Crippen LogP contribution in [0.2, 0.25) is 0 Å². The molecule has 0 aliphatic carbocycles. The van der Waals surface area contributed by atoms with Gasteiger partial charge in [0.25, 0.3) is 0 Å². The average Bonchev–Trinajstić information content (AvgIpc) is 2.10. The Balaban J connectivity index is 0.000000325.